The van der Waals surface area contributed by atoms with Crippen molar-refractivity contribution in [1.82, 2.24) is 10.2 Å². The maximum Gasteiger partial charge on any atom is 0.316 e. The van der Waals surface area contributed by atoms with Crippen LogP contribution in [0.25, 0.3) is 0 Å². The van der Waals surface area contributed by atoms with E-state index in [0.717, 1.165) is 11.3 Å². The van der Waals surface area contributed by atoms with Crippen molar-refractivity contribution in [3.63, 3.8) is 0 Å². The predicted molar refractivity (Wildman–Crippen MR) is 71.5 cm³/mol. The van der Waals surface area contributed by atoms with E-state index in [1.54, 1.807) is 14.1 Å². The molecule has 0 unspecified atom stereocenters. The van der Waals surface area contributed by atoms with E-state index in [2.05, 4.69) is 16.7 Å². The first-order valence-electron chi connectivity index (χ1n) is 5.74. The average Bonchev–Trinajstić information content (AvgIpc) is 2.35. The number of aryl methyl sites for hydroxylation is 1. The largest absolute Gasteiger partial charge is 0.382 e. The van der Waals surface area contributed by atoms with Crippen LogP contribution >= 0.6 is 0 Å². The molecule has 0 atom stereocenters. The smallest absolute Gasteiger partial charge is 0.316 e. The van der Waals surface area contributed by atoms with E-state index in [4.69, 9.17) is 5.26 Å². The Morgan fingerprint density at radius 3 is 2.72 bits per heavy atom. The molecule has 5 nitrogen and oxygen atoms in total. The lowest BCUT2D eigenvalue weighted by Crippen LogP contribution is -2.37. The van der Waals surface area contributed by atoms with Gasteiger partial charge in [0.2, 0.25) is 0 Å². The van der Waals surface area contributed by atoms with Gasteiger partial charge in [0.15, 0.2) is 0 Å². The quantitative estimate of drug-likeness (QED) is 0.792. The lowest BCUT2D eigenvalue weighted by molar-refractivity contribution is 0.218. The Balaban J connectivity index is 2.45. The maximum absolute atomic E-state index is 11.3. The number of urea groups is 1. The summed E-state index contributed by atoms with van der Waals surface area (Å²) in [6.45, 7) is 3.04. The van der Waals surface area contributed by atoms with Crippen molar-refractivity contribution >= 4 is 11.7 Å². The molecule has 2 amide bonds. The topological polar surface area (TPSA) is 68.2 Å². The fraction of sp³-hybridized carbons (Fsp3) is 0.385. The van der Waals surface area contributed by atoms with Gasteiger partial charge in [-0.3, -0.25) is 0 Å². The molecule has 0 bridgehead atoms. The van der Waals surface area contributed by atoms with Gasteiger partial charge in [-0.15, -0.1) is 0 Å². The minimum Gasteiger partial charge on any atom is -0.382 e. The predicted octanol–water partition coefficient (Wildman–Crippen LogP) is 1.55. The summed E-state index contributed by atoms with van der Waals surface area (Å²) >= 11 is 0. The SMILES string of the molecule is Cc1ccc(NCCNC(=O)N(C)C)c(C#N)c1. The Morgan fingerprint density at radius 1 is 1.39 bits per heavy atom. The van der Waals surface area contributed by atoms with Crippen molar-refractivity contribution in [3.05, 3.63) is 29.3 Å². The Bertz CT molecular complexity index is 463. The van der Waals surface area contributed by atoms with E-state index in [1.165, 1.54) is 4.90 Å². The summed E-state index contributed by atoms with van der Waals surface area (Å²) in [5.74, 6) is 0. The number of nitriles is 1. The molecule has 5 heteroatoms. The Morgan fingerprint density at radius 2 is 2.11 bits per heavy atom. The molecule has 0 aliphatic carbocycles. The van der Waals surface area contributed by atoms with E-state index < -0.39 is 0 Å². The number of nitrogens with zero attached hydrogens (tertiary/aromatic N) is 2. The summed E-state index contributed by atoms with van der Waals surface area (Å²) in [7, 11) is 3.38. The van der Waals surface area contributed by atoms with E-state index in [-0.39, 0.29) is 6.03 Å². The summed E-state index contributed by atoms with van der Waals surface area (Å²) < 4.78 is 0. The molecular weight excluding hydrogens is 228 g/mol. The number of amides is 2. The number of nitrogens with one attached hydrogen (secondary N) is 2. The minimum absolute atomic E-state index is 0.124. The zero-order chi connectivity index (χ0) is 13.5. The molecule has 0 saturated carbocycles. The van der Waals surface area contributed by atoms with E-state index in [0.29, 0.717) is 18.7 Å². The molecule has 0 aliphatic heterocycles. The molecular formula is C13H18N4O. The first-order chi connectivity index (χ1) is 8.54. The van der Waals surface area contributed by atoms with Crippen molar-refractivity contribution in [2.75, 3.05) is 32.5 Å². The molecule has 0 spiro atoms. The third-order valence-electron chi connectivity index (χ3n) is 2.42. The van der Waals surface area contributed by atoms with Crippen molar-refractivity contribution < 1.29 is 4.79 Å². The van der Waals surface area contributed by atoms with Gasteiger partial charge in [0.25, 0.3) is 0 Å². The summed E-state index contributed by atoms with van der Waals surface area (Å²) in [4.78, 5) is 12.7. The average molecular weight is 246 g/mol. The van der Waals surface area contributed by atoms with Crippen molar-refractivity contribution in [1.29, 1.82) is 5.26 Å². The first kappa shape index (κ1) is 13.8. The molecule has 0 fully saturated rings. The number of anilines is 1. The molecule has 0 saturated heterocycles. The van der Waals surface area contributed by atoms with Crippen LogP contribution in [-0.2, 0) is 0 Å². The van der Waals surface area contributed by atoms with Crippen LogP contribution in [0.1, 0.15) is 11.1 Å². The summed E-state index contributed by atoms with van der Waals surface area (Å²) in [6, 6.07) is 7.68. The number of benzene rings is 1. The van der Waals surface area contributed by atoms with Crippen LogP contribution in [0.5, 0.6) is 0 Å². The standard InChI is InChI=1S/C13H18N4O/c1-10-4-5-12(11(8-10)9-14)15-6-7-16-13(18)17(2)3/h4-5,8,15H,6-7H2,1-3H3,(H,16,18). The van der Waals surface area contributed by atoms with Gasteiger partial charge in [0, 0.05) is 27.2 Å². The minimum atomic E-state index is -0.124. The molecule has 18 heavy (non-hydrogen) atoms. The maximum atomic E-state index is 11.3. The van der Waals surface area contributed by atoms with Gasteiger partial charge in [-0.25, -0.2) is 4.79 Å². The van der Waals surface area contributed by atoms with Gasteiger partial charge in [0.1, 0.15) is 6.07 Å². The van der Waals surface area contributed by atoms with Crippen LogP contribution in [0, 0.1) is 18.3 Å². The highest BCUT2D eigenvalue weighted by atomic mass is 16.2. The molecule has 96 valence electrons. The normalized spacial score (nSPS) is 9.44. The van der Waals surface area contributed by atoms with Crippen LogP contribution in [0.3, 0.4) is 0 Å². The molecule has 1 aromatic rings. The van der Waals surface area contributed by atoms with Crippen molar-refractivity contribution in [3.8, 4) is 6.07 Å². The highest BCUT2D eigenvalue weighted by Gasteiger charge is 2.03. The molecule has 0 heterocycles. The number of carbonyl (C=O) groups excluding carboxylic acids is 1. The summed E-state index contributed by atoms with van der Waals surface area (Å²) in [5.41, 5.74) is 2.47. The van der Waals surface area contributed by atoms with Gasteiger partial charge >= 0.3 is 6.03 Å². The van der Waals surface area contributed by atoms with Gasteiger partial charge in [-0.1, -0.05) is 6.07 Å². The van der Waals surface area contributed by atoms with Gasteiger partial charge in [0.05, 0.1) is 11.3 Å². The molecule has 2 N–H and O–H groups in total. The highest BCUT2D eigenvalue weighted by Crippen LogP contribution is 2.15. The Kier molecular flexibility index (Phi) is 5.00. The zero-order valence-corrected chi connectivity index (χ0v) is 10.9. The van der Waals surface area contributed by atoms with E-state index in [1.807, 2.05) is 25.1 Å². The molecule has 0 radical (unpaired) electrons. The third-order valence-corrected chi connectivity index (χ3v) is 2.42. The van der Waals surface area contributed by atoms with Crippen molar-refractivity contribution in [2.45, 2.75) is 6.92 Å². The van der Waals surface area contributed by atoms with Gasteiger partial charge in [-0.05, 0) is 24.6 Å². The lowest BCUT2D eigenvalue weighted by Gasteiger charge is -2.13. The van der Waals surface area contributed by atoms with E-state index in [9.17, 15) is 4.79 Å². The molecule has 1 aromatic carbocycles. The fourth-order valence-electron chi connectivity index (χ4n) is 1.43. The van der Waals surface area contributed by atoms with Gasteiger partial charge in [-0.2, -0.15) is 5.26 Å². The van der Waals surface area contributed by atoms with Crippen LogP contribution < -0.4 is 10.6 Å². The molecule has 0 aromatic heterocycles. The second-order valence-corrected chi connectivity index (χ2v) is 4.21. The number of rotatable bonds is 4. The highest BCUT2D eigenvalue weighted by molar-refractivity contribution is 5.73. The summed E-state index contributed by atoms with van der Waals surface area (Å²) in [5, 5.41) is 14.9. The third kappa shape index (κ3) is 3.98. The monoisotopic (exact) mass is 246 g/mol. The zero-order valence-electron chi connectivity index (χ0n) is 10.9. The number of hydrogen-bond acceptors (Lipinski definition) is 3. The van der Waals surface area contributed by atoms with Crippen LogP contribution in [0.4, 0.5) is 10.5 Å². The molecule has 1 rings (SSSR count). The van der Waals surface area contributed by atoms with Crippen LogP contribution in [-0.4, -0.2) is 38.1 Å². The Hall–Kier alpha value is -2.22. The van der Waals surface area contributed by atoms with E-state index >= 15 is 0 Å². The first-order valence-corrected chi connectivity index (χ1v) is 5.74. The van der Waals surface area contributed by atoms with Crippen LogP contribution in [0.2, 0.25) is 0 Å². The Labute approximate surface area is 107 Å². The van der Waals surface area contributed by atoms with Gasteiger partial charge < -0.3 is 15.5 Å². The lowest BCUT2D eigenvalue weighted by atomic mass is 10.1. The number of hydrogen-bond donors (Lipinski definition) is 2. The fourth-order valence-corrected chi connectivity index (χ4v) is 1.43. The van der Waals surface area contributed by atoms with Crippen molar-refractivity contribution in [2.24, 2.45) is 0 Å². The second kappa shape index (κ2) is 6.50. The molecule has 0 aliphatic rings. The number of carbonyl (C=O) groups is 1. The summed E-state index contributed by atoms with van der Waals surface area (Å²) in [6.07, 6.45) is 0. The second-order valence-electron chi connectivity index (χ2n) is 4.21. The van der Waals surface area contributed by atoms with Crippen LogP contribution in [0.15, 0.2) is 18.2 Å².